The molecule has 1 amide bonds. The van der Waals surface area contributed by atoms with Crippen molar-refractivity contribution in [1.29, 1.82) is 0 Å². The summed E-state index contributed by atoms with van der Waals surface area (Å²) in [6, 6.07) is 0. The van der Waals surface area contributed by atoms with Gasteiger partial charge in [-0.05, 0) is 18.3 Å². The van der Waals surface area contributed by atoms with Crippen molar-refractivity contribution in [2.24, 2.45) is 16.7 Å². The van der Waals surface area contributed by atoms with Gasteiger partial charge in [0.15, 0.2) is 0 Å². The van der Waals surface area contributed by atoms with Crippen molar-refractivity contribution in [3.8, 4) is 0 Å². The molecule has 0 aliphatic carbocycles. The second-order valence-electron chi connectivity index (χ2n) is 8.65. The number of hydrogen-bond acceptors (Lipinski definition) is 3. The molecule has 1 rings (SSSR count). The van der Waals surface area contributed by atoms with E-state index in [4.69, 9.17) is 0 Å². The summed E-state index contributed by atoms with van der Waals surface area (Å²) in [5.74, 6) is 0.272. The summed E-state index contributed by atoms with van der Waals surface area (Å²) in [5.41, 5.74) is -0.368. The monoisotopic (exact) mass is 311 g/mol. The van der Waals surface area contributed by atoms with Crippen LogP contribution in [0.5, 0.6) is 0 Å². The first-order chi connectivity index (χ1) is 9.94. The van der Waals surface area contributed by atoms with Crippen LogP contribution in [-0.4, -0.2) is 34.5 Å². The van der Waals surface area contributed by atoms with E-state index in [2.05, 4.69) is 0 Å². The smallest absolute Gasteiger partial charge is 0.228 e. The summed E-state index contributed by atoms with van der Waals surface area (Å²) in [4.78, 5) is 25.8. The number of ketones is 1. The molecule has 4 heteroatoms. The van der Waals surface area contributed by atoms with Gasteiger partial charge >= 0.3 is 0 Å². The standard InChI is InChI=1S/C18H33NO3/c1-17(2,3)13-12-15(21)19(16(13)22)11-9-7-8-10-14(20)18(4,5)6/h13,15,21H,7-12H2,1-6H3. The summed E-state index contributed by atoms with van der Waals surface area (Å²) in [7, 11) is 0. The van der Waals surface area contributed by atoms with Crippen LogP contribution in [-0.2, 0) is 9.59 Å². The maximum atomic E-state index is 12.4. The van der Waals surface area contributed by atoms with Crippen LogP contribution in [0.4, 0.5) is 0 Å². The molecule has 0 aromatic heterocycles. The minimum absolute atomic E-state index is 0.0748. The maximum absolute atomic E-state index is 12.4. The van der Waals surface area contributed by atoms with Crippen molar-refractivity contribution in [3.05, 3.63) is 0 Å². The van der Waals surface area contributed by atoms with Crippen molar-refractivity contribution in [3.63, 3.8) is 0 Å². The van der Waals surface area contributed by atoms with E-state index in [0.717, 1.165) is 19.3 Å². The highest BCUT2D eigenvalue weighted by molar-refractivity contribution is 5.83. The highest BCUT2D eigenvalue weighted by Gasteiger charge is 2.43. The normalized spacial score (nSPS) is 23.2. The summed E-state index contributed by atoms with van der Waals surface area (Å²) in [6.07, 6.45) is 3.11. The zero-order valence-corrected chi connectivity index (χ0v) is 15.1. The van der Waals surface area contributed by atoms with Gasteiger partial charge in [-0.25, -0.2) is 0 Å². The Balaban J connectivity index is 2.34. The van der Waals surface area contributed by atoms with Crippen LogP contribution in [0, 0.1) is 16.7 Å². The predicted molar refractivity (Wildman–Crippen MR) is 88.2 cm³/mol. The van der Waals surface area contributed by atoms with Crippen LogP contribution in [0.3, 0.4) is 0 Å². The SMILES string of the molecule is CC(C)(C)C(=O)CCCCCN1C(=O)C(C(C)(C)C)CC1O. The topological polar surface area (TPSA) is 57.6 Å². The molecular formula is C18H33NO3. The fourth-order valence-electron chi connectivity index (χ4n) is 2.89. The molecule has 1 fully saturated rings. The third kappa shape index (κ3) is 5.08. The average molecular weight is 311 g/mol. The Kier molecular flexibility index (Phi) is 6.19. The van der Waals surface area contributed by atoms with E-state index in [-0.39, 0.29) is 28.4 Å². The molecule has 4 nitrogen and oxygen atoms in total. The lowest BCUT2D eigenvalue weighted by atomic mass is 9.80. The van der Waals surface area contributed by atoms with E-state index in [0.29, 0.717) is 19.4 Å². The Morgan fingerprint density at radius 1 is 1.14 bits per heavy atom. The molecule has 1 N–H and O–H groups in total. The molecule has 0 saturated carbocycles. The zero-order chi connectivity index (χ0) is 17.1. The summed E-state index contributed by atoms with van der Waals surface area (Å²) < 4.78 is 0. The number of aliphatic hydroxyl groups is 1. The van der Waals surface area contributed by atoms with Crippen LogP contribution >= 0.6 is 0 Å². The molecule has 128 valence electrons. The molecule has 1 aliphatic rings. The minimum Gasteiger partial charge on any atom is -0.373 e. The first kappa shape index (κ1) is 19.1. The number of Topliss-reactive ketones (excluding diaryl/α,β-unsaturated/α-hetero) is 1. The van der Waals surface area contributed by atoms with Crippen LogP contribution < -0.4 is 0 Å². The molecule has 2 unspecified atom stereocenters. The van der Waals surface area contributed by atoms with Crippen LogP contribution in [0.25, 0.3) is 0 Å². The Morgan fingerprint density at radius 2 is 1.73 bits per heavy atom. The van der Waals surface area contributed by atoms with Crippen molar-refractivity contribution < 1.29 is 14.7 Å². The molecule has 0 radical (unpaired) electrons. The molecule has 0 bridgehead atoms. The average Bonchev–Trinajstić information content (AvgIpc) is 2.64. The predicted octanol–water partition coefficient (Wildman–Crippen LogP) is 3.38. The fourth-order valence-corrected chi connectivity index (χ4v) is 2.89. The zero-order valence-electron chi connectivity index (χ0n) is 15.1. The number of carbonyl (C=O) groups excluding carboxylic acids is 2. The van der Waals surface area contributed by atoms with E-state index in [1.165, 1.54) is 0 Å². The summed E-state index contributed by atoms with van der Waals surface area (Å²) in [5, 5.41) is 10.1. The fraction of sp³-hybridized carbons (Fsp3) is 0.889. The van der Waals surface area contributed by atoms with Crippen molar-refractivity contribution in [1.82, 2.24) is 4.90 Å². The van der Waals surface area contributed by atoms with Gasteiger partial charge in [-0.2, -0.15) is 0 Å². The molecule has 1 saturated heterocycles. The quantitative estimate of drug-likeness (QED) is 0.765. The second-order valence-corrected chi connectivity index (χ2v) is 8.65. The number of likely N-dealkylation sites (tertiary alicyclic amines) is 1. The third-order valence-electron chi connectivity index (χ3n) is 4.57. The molecule has 0 aromatic carbocycles. The highest BCUT2D eigenvalue weighted by Crippen LogP contribution is 2.37. The Labute approximate surface area is 135 Å². The lowest BCUT2D eigenvalue weighted by Gasteiger charge is -2.25. The first-order valence-corrected chi connectivity index (χ1v) is 8.46. The second kappa shape index (κ2) is 7.12. The van der Waals surface area contributed by atoms with E-state index >= 15 is 0 Å². The van der Waals surface area contributed by atoms with Gasteiger partial charge in [0.25, 0.3) is 0 Å². The van der Waals surface area contributed by atoms with Gasteiger partial charge in [0.1, 0.15) is 12.0 Å². The Hall–Kier alpha value is -0.900. The number of hydrogen-bond donors (Lipinski definition) is 1. The van der Waals surface area contributed by atoms with E-state index in [1.54, 1.807) is 4.90 Å². The van der Waals surface area contributed by atoms with Gasteiger partial charge < -0.3 is 10.0 Å². The number of carbonyl (C=O) groups is 2. The highest BCUT2D eigenvalue weighted by atomic mass is 16.3. The molecule has 1 aliphatic heterocycles. The van der Waals surface area contributed by atoms with Gasteiger partial charge in [0.2, 0.25) is 5.91 Å². The van der Waals surface area contributed by atoms with Crippen LogP contribution in [0.2, 0.25) is 0 Å². The van der Waals surface area contributed by atoms with Crippen LogP contribution in [0.1, 0.15) is 73.6 Å². The van der Waals surface area contributed by atoms with Gasteiger partial charge in [0, 0.05) is 30.7 Å². The van der Waals surface area contributed by atoms with Crippen molar-refractivity contribution in [2.75, 3.05) is 6.54 Å². The Bertz CT molecular complexity index is 404. The molecule has 0 aromatic rings. The Morgan fingerprint density at radius 3 is 2.18 bits per heavy atom. The van der Waals surface area contributed by atoms with Gasteiger partial charge in [-0.15, -0.1) is 0 Å². The van der Waals surface area contributed by atoms with E-state index < -0.39 is 6.23 Å². The first-order valence-electron chi connectivity index (χ1n) is 8.46. The van der Waals surface area contributed by atoms with Crippen molar-refractivity contribution in [2.45, 2.75) is 79.9 Å². The minimum atomic E-state index is -0.645. The molecule has 22 heavy (non-hydrogen) atoms. The number of aliphatic hydroxyl groups excluding tert-OH is 1. The molecule has 2 atom stereocenters. The molecule has 1 heterocycles. The van der Waals surface area contributed by atoms with E-state index in [9.17, 15) is 14.7 Å². The van der Waals surface area contributed by atoms with Gasteiger partial charge in [-0.1, -0.05) is 48.0 Å². The van der Waals surface area contributed by atoms with Crippen LogP contribution in [0.15, 0.2) is 0 Å². The maximum Gasteiger partial charge on any atom is 0.228 e. The third-order valence-corrected chi connectivity index (χ3v) is 4.57. The summed E-state index contributed by atoms with van der Waals surface area (Å²) in [6.45, 7) is 12.6. The number of amides is 1. The van der Waals surface area contributed by atoms with Gasteiger partial charge in [-0.3, -0.25) is 9.59 Å². The summed E-state index contributed by atoms with van der Waals surface area (Å²) >= 11 is 0. The number of nitrogens with zero attached hydrogens (tertiary/aromatic N) is 1. The lowest BCUT2D eigenvalue weighted by Crippen LogP contribution is -2.36. The number of unbranched alkanes of at least 4 members (excludes halogenated alkanes) is 2. The van der Waals surface area contributed by atoms with Crippen molar-refractivity contribution >= 4 is 11.7 Å². The van der Waals surface area contributed by atoms with Gasteiger partial charge in [0.05, 0.1) is 0 Å². The molecule has 0 spiro atoms. The number of rotatable bonds is 6. The molecular weight excluding hydrogens is 278 g/mol. The largest absolute Gasteiger partial charge is 0.373 e. The van der Waals surface area contributed by atoms with E-state index in [1.807, 2.05) is 41.5 Å². The lowest BCUT2D eigenvalue weighted by molar-refractivity contribution is -0.137.